The van der Waals surface area contributed by atoms with Gasteiger partial charge >= 0.3 is 0 Å². The fourth-order valence-corrected chi connectivity index (χ4v) is 5.42. The van der Waals surface area contributed by atoms with Crippen molar-refractivity contribution in [2.75, 3.05) is 35.0 Å². The van der Waals surface area contributed by atoms with E-state index in [4.69, 9.17) is 18.9 Å². The van der Waals surface area contributed by atoms with Gasteiger partial charge in [0.1, 0.15) is 11.5 Å². The molecule has 0 bridgehead atoms. The topological polar surface area (TPSA) is 86.3 Å². The minimum atomic E-state index is -0.641. The van der Waals surface area contributed by atoms with Crippen molar-refractivity contribution in [1.82, 2.24) is 10.2 Å². The number of hydrogen-bond acceptors (Lipinski definition) is 6. The number of rotatable bonds is 7. The predicted molar refractivity (Wildman–Crippen MR) is 138 cm³/mol. The Labute approximate surface area is 216 Å². The van der Waals surface area contributed by atoms with Gasteiger partial charge in [0.05, 0.1) is 40.4 Å². The number of nitrogens with zero attached hydrogens (tertiary/aromatic N) is 1. The van der Waals surface area contributed by atoms with Crippen LogP contribution in [0.25, 0.3) is 0 Å². The van der Waals surface area contributed by atoms with E-state index in [1.54, 1.807) is 39.5 Å². The Morgan fingerprint density at radius 2 is 1.62 bits per heavy atom. The first-order chi connectivity index (χ1) is 18.0. The van der Waals surface area contributed by atoms with Crippen LogP contribution in [0, 0.1) is 0 Å². The Balaban J connectivity index is 1.57. The number of carbonyl (C=O) groups excluding carboxylic acids is 2. The minimum Gasteiger partial charge on any atom is -0.497 e. The summed E-state index contributed by atoms with van der Waals surface area (Å²) in [5.74, 6) is 1.27. The van der Waals surface area contributed by atoms with Crippen LogP contribution in [0.15, 0.2) is 54.6 Å². The van der Waals surface area contributed by atoms with E-state index < -0.39 is 12.0 Å². The zero-order valence-corrected chi connectivity index (χ0v) is 21.4. The molecule has 2 heterocycles. The Kier molecular flexibility index (Phi) is 6.65. The highest BCUT2D eigenvalue weighted by Gasteiger charge is 2.46. The second-order valence-corrected chi connectivity index (χ2v) is 9.06. The molecule has 3 aromatic carbocycles. The lowest BCUT2D eigenvalue weighted by atomic mass is 9.75. The molecule has 8 nitrogen and oxygen atoms in total. The molecule has 0 fully saturated rings. The molecule has 0 saturated heterocycles. The molecular weight excluding hydrogens is 472 g/mol. The van der Waals surface area contributed by atoms with Crippen LogP contribution in [0.4, 0.5) is 0 Å². The number of fused-ring (bicyclic) bond motifs is 4. The monoisotopic (exact) mass is 502 g/mol. The standard InChI is InChI=1S/C29H30N2O6/c1-34-19-10-9-18(23(13-19)35-2)16-30-28(32)26-21-14-24(36-3)25(37-4)15-22(21)29(33)31-12-11-17-7-5-6-8-20(17)27(26)31/h5-10,13-15,26-27H,11-12,16H2,1-4H3,(H,30,32). The fourth-order valence-electron chi connectivity index (χ4n) is 5.42. The van der Waals surface area contributed by atoms with Crippen molar-refractivity contribution in [3.8, 4) is 23.0 Å². The zero-order chi connectivity index (χ0) is 26.1. The van der Waals surface area contributed by atoms with Gasteiger partial charge in [-0.25, -0.2) is 0 Å². The predicted octanol–water partition coefficient (Wildman–Crippen LogP) is 3.87. The van der Waals surface area contributed by atoms with E-state index in [9.17, 15) is 9.59 Å². The van der Waals surface area contributed by atoms with Crippen LogP contribution in [0.3, 0.4) is 0 Å². The molecule has 3 aromatic rings. The van der Waals surface area contributed by atoms with Gasteiger partial charge in [0, 0.05) is 30.3 Å². The van der Waals surface area contributed by atoms with Crippen LogP contribution < -0.4 is 24.3 Å². The molecule has 8 heteroatoms. The third kappa shape index (κ3) is 4.22. The summed E-state index contributed by atoms with van der Waals surface area (Å²) in [7, 11) is 6.25. The van der Waals surface area contributed by atoms with Crippen molar-refractivity contribution >= 4 is 11.8 Å². The van der Waals surface area contributed by atoms with Gasteiger partial charge in [-0.3, -0.25) is 9.59 Å². The molecule has 37 heavy (non-hydrogen) atoms. The van der Waals surface area contributed by atoms with Gasteiger partial charge in [-0.1, -0.05) is 24.3 Å². The maximum absolute atomic E-state index is 14.0. The lowest BCUT2D eigenvalue weighted by Gasteiger charge is -2.45. The van der Waals surface area contributed by atoms with Crippen LogP contribution in [-0.2, 0) is 17.8 Å². The number of ether oxygens (including phenoxy) is 4. The van der Waals surface area contributed by atoms with Crippen LogP contribution in [0.1, 0.15) is 44.6 Å². The molecule has 2 aliphatic heterocycles. The van der Waals surface area contributed by atoms with Crippen molar-refractivity contribution < 1.29 is 28.5 Å². The van der Waals surface area contributed by atoms with E-state index in [1.807, 2.05) is 35.2 Å². The smallest absolute Gasteiger partial charge is 0.254 e. The first-order valence-electron chi connectivity index (χ1n) is 12.1. The molecule has 0 aliphatic carbocycles. The van der Waals surface area contributed by atoms with Crippen molar-refractivity contribution in [1.29, 1.82) is 0 Å². The highest BCUT2D eigenvalue weighted by atomic mass is 16.5. The molecule has 2 aliphatic rings. The number of methoxy groups -OCH3 is 4. The van der Waals surface area contributed by atoms with Crippen molar-refractivity contribution in [3.63, 3.8) is 0 Å². The second kappa shape index (κ2) is 10.0. The van der Waals surface area contributed by atoms with Crippen molar-refractivity contribution in [3.05, 3.63) is 82.4 Å². The van der Waals surface area contributed by atoms with Gasteiger partial charge in [0.2, 0.25) is 5.91 Å². The second-order valence-electron chi connectivity index (χ2n) is 9.06. The van der Waals surface area contributed by atoms with Gasteiger partial charge in [-0.15, -0.1) is 0 Å². The molecule has 0 saturated carbocycles. The fraction of sp³-hybridized carbons (Fsp3) is 0.310. The number of nitrogens with one attached hydrogen (secondary N) is 1. The molecule has 192 valence electrons. The number of carbonyl (C=O) groups is 2. The molecule has 2 unspecified atom stereocenters. The summed E-state index contributed by atoms with van der Waals surface area (Å²) in [6.07, 6.45) is 0.735. The van der Waals surface area contributed by atoms with Crippen molar-refractivity contribution in [2.24, 2.45) is 0 Å². The first-order valence-corrected chi connectivity index (χ1v) is 12.1. The van der Waals surface area contributed by atoms with E-state index >= 15 is 0 Å². The van der Waals surface area contributed by atoms with Crippen LogP contribution in [-0.4, -0.2) is 51.7 Å². The Morgan fingerprint density at radius 1 is 0.892 bits per heavy atom. The molecule has 2 atom stereocenters. The van der Waals surface area contributed by atoms with Gasteiger partial charge in [-0.2, -0.15) is 0 Å². The average Bonchev–Trinajstić information content (AvgIpc) is 2.95. The van der Waals surface area contributed by atoms with E-state index in [2.05, 4.69) is 11.4 Å². The third-order valence-electron chi connectivity index (χ3n) is 7.26. The summed E-state index contributed by atoms with van der Waals surface area (Å²) < 4.78 is 21.8. The van der Waals surface area contributed by atoms with E-state index in [0.29, 0.717) is 40.7 Å². The maximum Gasteiger partial charge on any atom is 0.254 e. The molecule has 0 spiro atoms. The third-order valence-corrected chi connectivity index (χ3v) is 7.26. The van der Waals surface area contributed by atoms with Gasteiger partial charge in [0.25, 0.3) is 5.91 Å². The summed E-state index contributed by atoms with van der Waals surface area (Å²) in [4.78, 5) is 29.5. The normalized spacial score (nSPS) is 17.7. The largest absolute Gasteiger partial charge is 0.497 e. The van der Waals surface area contributed by atoms with Gasteiger partial charge < -0.3 is 29.2 Å². The highest BCUT2D eigenvalue weighted by Crippen LogP contribution is 2.48. The highest BCUT2D eigenvalue weighted by molar-refractivity contribution is 6.02. The number of benzene rings is 3. The Hall–Kier alpha value is -4.20. The van der Waals surface area contributed by atoms with E-state index in [0.717, 1.165) is 23.1 Å². The Morgan fingerprint density at radius 3 is 2.35 bits per heavy atom. The van der Waals surface area contributed by atoms with E-state index in [-0.39, 0.29) is 18.4 Å². The molecule has 0 radical (unpaired) electrons. The summed E-state index contributed by atoms with van der Waals surface area (Å²) >= 11 is 0. The van der Waals surface area contributed by atoms with Crippen LogP contribution >= 0.6 is 0 Å². The Bertz CT molecular complexity index is 1350. The van der Waals surface area contributed by atoms with Crippen LogP contribution in [0.5, 0.6) is 23.0 Å². The quantitative estimate of drug-likeness (QED) is 0.528. The lowest BCUT2D eigenvalue weighted by molar-refractivity contribution is -0.124. The summed E-state index contributed by atoms with van der Waals surface area (Å²) in [5.41, 5.74) is 4.03. The maximum atomic E-state index is 14.0. The van der Waals surface area contributed by atoms with Gasteiger partial charge in [0.15, 0.2) is 11.5 Å². The molecule has 1 N–H and O–H groups in total. The molecular formula is C29H30N2O6. The molecule has 0 aromatic heterocycles. The van der Waals surface area contributed by atoms with Crippen LogP contribution in [0.2, 0.25) is 0 Å². The summed E-state index contributed by atoms with van der Waals surface area (Å²) in [5, 5.41) is 3.10. The zero-order valence-electron chi connectivity index (χ0n) is 21.4. The first kappa shape index (κ1) is 24.5. The number of hydrogen-bond donors (Lipinski definition) is 1. The number of amides is 2. The SMILES string of the molecule is COc1ccc(CNC(=O)C2c3cc(OC)c(OC)cc3C(=O)N3CCc4ccccc4C23)c(OC)c1. The summed E-state index contributed by atoms with van der Waals surface area (Å²) in [6, 6.07) is 16.5. The van der Waals surface area contributed by atoms with Crippen molar-refractivity contribution in [2.45, 2.75) is 24.9 Å². The lowest BCUT2D eigenvalue weighted by Crippen LogP contribution is -2.50. The minimum absolute atomic E-state index is 0.115. The van der Waals surface area contributed by atoms with Gasteiger partial charge in [-0.05, 0) is 47.4 Å². The molecule has 5 rings (SSSR count). The van der Waals surface area contributed by atoms with E-state index in [1.165, 1.54) is 7.11 Å². The summed E-state index contributed by atoms with van der Waals surface area (Å²) in [6.45, 7) is 0.790. The average molecular weight is 503 g/mol. The molecule has 2 amide bonds.